The summed E-state index contributed by atoms with van der Waals surface area (Å²) in [5.74, 6) is -1.42. The minimum absolute atomic E-state index is 0.00469. The molecule has 0 bridgehead atoms. The van der Waals surface area contributed by atoms with Crippen LogP contribution >= 0.6 is 11.3 Å². The Morgan fingerprint density at radius 1 is 1.09 bits per heavy atom. The fourth-order valence-electron chi connectivity index (χ4n) is 3.69. The van der Waals surface area contributed by atoms with Crippen LogP contribution in [0.5, 0.6) is 5.75 Å². The molecular weight excluding hydrogens is 429 g/mol. The van der Waals surface area contributed by atoms with Gasteiger partial charge in [-0.1, -0.05) is 18.2 Å². The monoisotopic (exact) mass is 451 g/mol. The molecule has 0 radical (unpaired) electrons. The molecule has 1 fully saturated rings. The van der Waals surface area contributed by atoms with Crippen molar-refractivity contribution in [3.63, 3.8) is 0 Å². The van der Waals surface area contributed by atoms with Crippen LogP contribution in [0.2, 0.25) is 0 Å². The van der Waals surface area contributed by atoms with Crippen molar-refractivity contribution in [2.24, 2.45) is 0 Å². The predicted octanol–water partition coefficient (Wildman–Crippen LogP) is 5.30. The first kappa shape index (κ1) is 21.8. The Hall–Kier alpha value is -3.45. The molecule has 1 aliphatic heterocycles. The highest BCUT2D eigenvalue weighted by Gasteiger charge is 2.46. The van der Waals surface area contributed by atoms with Crippen LogP contribution in [-0.4, -0.2) is 27.8 Å². The van der Waals surface area contributed by atoms with Crippen LogP contribution in [0.4, 0.5) is 4.39 Å². The highest BCUT2D eigenvalue weighted by Crippen LogP contribution is 2.42. The number of hydrogen-bond acceptors (Lipinski definition) is 5. The van der Waals surface area contributed by atoms with Gasteiger partial charge in [-0.25, -0.2) is 4.39 Å². The molecule has 1 amide bonds. The maximum Gasteiger partial charge on any atom is 0.295 e. The van der Waals surface area contributed by atoms with E-state index >= 15 is 0 Å². The van der Waals surface area contributed by atoms with Crippen molar-refractivity contribution in [2.45, 2.75) is 32.5 Å². The molecule has 0 saturated carbocycles. The van der Waals surface area contributed by atoms with Crippen molar-refractivity contribution < 1.29 is 23.8 Å². The second-order valence-electron chi connectivity index (χ2n) is 7.76. The van der Waals surface area contributed by atoms with Crippen LogP contribution in [0, 0.1) is 5.82 Å². The van der Waals surface area contributed by atoms with Gasteiger partial charge in [0.15, 0.2) is 0 Å². The fraction of sp³-hybridized carbons (Fsp3) is 0.200. The highest BCUT2D eigenvalue weighted by molar-refractivity contribution is 7.10. The number of benzene rings is 2. The summed E-state index contributed by atoms with van der Waals surface area (Å²) in [6.45, 7) is 3.94. The lowest BCUT2D eigenvalue weighted by molar-refractivity contribution is -0.140. The molecule has 32 heavy (non-hydrogen) atoms. The second kappa shape index (κ2) is 8.96. The van der Waals surface area contributed by atoms with E-state index in [4.69, 9.17) is 4.74 Å². The molecule has 1 N–H and O–H groups in total. The number of carbonyl (C=O) groups is 2. The maximum absolute atomic E-state index is 13.3. The van der Waals surface area contributed by atoms with Gasteiger partial charge in [0.05, 0.1) is 17.7 Å². The van der Waals surface area contributed by atoms with E-state index < -0.39 is 17.7 Å². The van der Waals surface area contributed by atoms with Crippen LogP contribution in [-0.2, 0) is 16.1 Å². The van der Waals surface area contributed by atoms with E-state index in [1.54, 1.807) is 36.4 Å². The van der Waals surface area contributed by atoms with Crippen molar-refractivity contribution in [1.82, 2.24) is 4.90 Å². The number of ketones is 1. The number of hydrogen-bond donors (Lipinski definition) is 1. The number of carbonyl (C=O) groups excluding carboxylic acids is 2. The largest absolute Gasteiger partial charge is 0.507 e. The number of halogens is 1. The Balaban J connectivity index is 1.75. The van der Waals surface area contributed by atoms with Crippen molar-refractivity contribution in [2.75, 3.05) is 0 Å². The number of nitrogens with zero attached hydrogens (tertiary/aromatic N) is 1. The van der Waals surface area contributed by atoms with Crippen molar-refractivity contribution >= 4 is 28.8 Å². The van der Waals surface area contributed by atoms with Crippen LogP contribution in [0.15, 0.2) is 71.6 Å². The number of amides is 1. The standard InChI is InChI=1S/C25H22FNO4S/c1-15(2)31-19-11-7-17(8-12-19)23(28)21-22(20-4-3-13-32-20)27(25(30)24(21)29)14-16-5-9-18(26)10-6-16/h3-13,15,22,28H,14H2,1-2H3/b23-21-. The summed E-state index contributed by atoms with van der Waals surface area (Å²) in [5, 5.41) is 12.9. The number of aliphatic hydroxyl groups excluding tert-OH is 1. The van der Waals surface area contributed by atoms with Gasteiger partial charge < -0.3 is 14.7 Å². The summed E-state index contributed by atoms with van der Waals surface area (Å²) in [7, 11) is 0. The SMILES string of the molecule is CC(C)Oc1ccc(/C(O)=C2/C(=O)C(=O)N(Cc3ccc(F)cc3)C2c2cccs2)cc1. The molecule has 5 nitrogen and oxygen atoms in total. The molecule has 1 aliphatic rings. The molecule has 4 rings (SSSR count). The van der Waals surface area contributed by atoms with Crippen LogP contribution in [0.25, 0.3) is 5.76 Å². The van der Waals surface area contributed by atoms with E-state index in [-0.39, 0.29) is 29.8 Å². The summed E-state index contributed by atoms with van der Waals surface area (Å²) in [5.41, 5.74) is 1.14. The number of ether oxygens (including phenoxy) is 1. The van der Waals surface area contributed by atoms with E-state index in [1.807, 2.05) is 31.4 Å². The first-order chi connectivity index (χ1) is 15.3. The minimum Gasteiger partial charge on any atom is -0.507 e. The smallest absolute Gasteiger partial charge is 0.295 e. The number of likely N-dealkylation sites (tertiary alicyclic amines) is 1. The summed E-state index contributed by atoms with van der Waals surface area (Å²) in [6, 6.07) is 15.4. The number of Topliss-reactive ketones (excluding diaryl/α,β-unsaturated/α-hetero) is 1. The third kappa shape index (κ3) is 4.29. The predicted molar refractivity (Wildman–Crippen MR) is 121 cm³/mol. The lowest BCUT2D eigenvalue weighted by atomic mass is 9.99. The number of thiophene rings is 1. The average Bonchev–Trinajstić information content (AvgIpc) is 3.38. The molecule has 2 heterocycles. The van der Waals surface area contributed by atoms with Gasteiger partial charge in [-0.2, -0.15) is 0 Å². The molecule has 0 spiro atoms. The molecule has 164 valence electrons. The maximum atomic E-state index is 13.3. The highest BCUT2D eigenvalue weighted by atomic mass is 32.1. The minimum atomic E-state index is -0.745. The summed E-state index contributed by atoms with van der Waals surface area (Å²) >= 11 is 1.40. The molecule has 1 atom stereocenters. The van der Waals surface area contributed by atoms with Crippen LogP contribution in [0.3, 0.4) is 0 Å². The molecule has 1 aromatic heterocycles. The van der Waals surface area contributed by atoms with Gasteiger partial charge in [-0.15, -0.1) is 11.3 Å². The van der Waals surface area contributed by atoms with Crippen molar-refractivity contribution in [1.29, 1.82) is 0 Å². The lowest BCUT2D eigenvalue weighted by Crippen LogP contribution is -2.28. The van der Waals surface area contributed by atoms with Gasteiger partial charge in [0.1, 0.15) is 17.3 Å². The van der Waals surface area contributed by atoms with Gasteiger partial charge in [0.2, 0.25) is 0 Å². The first-order valence-electron chi connectivity index (χ1n) is 10.2. The normalized spacial score (nSPS) is 17.9. The third-order valence-corrected chi connectivity index (χ3v) is 6.04. The van der Waals surface area contributed by atoms with Crippen LogP contribution in [0.1, 0.15) is 35.9 Å². The Morgan fingerprint density at radius 3 is 2.38 bits per heavy atom. The summed E-state index contributed by atoms with van der Waals surface area (Å²) < 4.78 is 18.9. The second-order valence-corrected chi connectivity index (χ2v) is 8.74. The molecule has 1 unspecified atom stereocenters. The lowest BCUT2D eigenvalue weighted by Gasteiger charge is -2.24. The first-order valence-corrected chi connectivity index (χ1v) is 11.1. The van der Waals surface area contributed by atoms with E-state index in [0.29, 0.717) is 16.9 Å². The van der Waals surface area contributed by atoms with Gasteiger partial charge in [0.25, 0.3) is 11.7 Å². The molecule has 0 aliphatic carbocycles. The molecule has 2 aromatic carbocycles. The average molecular weight is 452 g/mol. The zero-order valence-corrected chi connectivity index (χ0v) is 18.4. The summed E-state index contributed by atoms with van der Waals surface area (Å²) in [6.07, 6.45) is 0.00469. The van der Waals surface area contributed by atoms with Gasteiger partial charge in [0, 0.05) is 17.0 Å². The van der Waals surface area contributed by atoms with E-state index in [1.165, 1.54) is 28.4 Å². The molecule has 7 heteroatoms. The number of rotatable bonds is 6. The zero-order valence-electron chi connectivity index (χ0n) is 17.6. The Labute approximate surface area is 189 Å². The van der Waals surface area contributed by atoms with Gasteiger partial charge in [-0.05, 0) is 67.3 Å². The van der Waals surface area contributed by atoms with Crippen LogP contribution < -0.4 is 4.74 Å². The Bertz CT molecular complexity index is 1150. The Kier molecular flexibility index (Phi) is 6.10. The summed E-state index contributed by atoms with van der Waals surface area (Å²) in [4.78, 5) is 28.1. The fourth-order valence-corrected chi connectivity index (χ4v) is 4.54. The molecule has 1 saturated heterocycles. The van der Waals surface area contributed by atoms with Gasteiger partial charge >= 0.3 is 0 Å². The van der Waals surface area contributed by atoms with Crippen molar-refractivity contribution in [3.8, 4) is 5.75 Å². The molecule has 3 aromatic rings. The topological polar surface area (TPSA) is 66.8 Å². The van der Waals surface area contributed by atoms with Gasteiger partial charge in [-0.3, -0.25) is 9.59 Å². The molecular formula is C25H22FNO4S. The van der Waals surface area contributed by atoms with Crippen molar-refractivity contribution in [3.05, 3.63) is 93.4 Å². The van der Waals surface area contributed by atoms with E-state index in [9.17, 15) is 19.1 Å². The third-order valence-electron chi connectivity index (χ3n) is 5.12. The Morgan fingerprint density at radius 2 is 1.78 bits per heavy atom. The number of aliphatic hydroxyl groups is 1. The quantitative estimate of drug-likeness (QED) is 0.314. The zero-order chi connectivity index (χ0) is 22.8. The van der Waals surface area contributed by atoms with E-state index in [0.717, 1.165) is 4.88 Å². The van der Waals surface area contributed by atoms with E-state index in [2.05, 4.69) is 0 Å².